The normalized spacial score (nSPS) is 11.1. The highest BCUT2D eigenvalue weighted by atomic mass is 35.5. The zero-order valence-electron chi connectivity index (χ0n) is 14.2. The van der Waals surface area contributed by atoms with Gasteiger partial charge in [0.2, 0.25) is 11.8 Å². The van der Waals surface area contributed by atoms with E-state index >= 15 is 0 Å². The van der Waals surface area contributed by atoms with E-state index in [0.717, 1.165) is 29.5 Å². The summed E-state index contributed by atoms with van der Waals surface area (Å²) in [6, 6.07) is 9.42. The van der Waals surface area contributed by atoms with E-state index < -0.39 is 17.6 Å². The van der Waals surface area contributed by atoms with Crippen LogP contribution < -0.4 is 10.6 Å². The van der Waals surface area contributed by atoms with Crippen LogP contribution in [-0.2, 0) is 15.8 Å². The van der Waals surface area contributed by atoms with Gasteiger partial charge in [0.15, 0.2) is 0 Å². The highest BCUT2D eigenvalue weighted by molar-refractivity contribution is 8.00. The van der Waals surface area contributed by atoms with Crippen LogP contribution in [0.15, 0.2) is 42.5 Å². The van der Waals surface area contributed by atoms with Crippen molar-refractivity contribution in [2.24, 2.45) is 0 Å². The van der Waals surface area contributed by atoms with E-state index in [1.807, 2.05) is 0 Å². The van der Waals surface area contributed by atoms with Crippen molar-refractivity contribution in [3.05, 3.63) is 58.6 Å². The number of carbonyl (C=O) groups excluding carboxylic acids is 2. The van der Waals surface area contributed by atoms with Crippen molar-refractivity contribution < 1.29 is 22.8 Å². The first-order chi connectivity index (χ1) is 12.6. The molecule has 0 aromatic heterocycles. The summed E-state index contributed by atoms with van der Waals surface area (Å²) >= 11 is 6.90. The molecule has 0 bridgehead atoms. The van der Waals surface area contributed by atoms with Gasteiger partial charge in [0.1, 0.15) is 0 Å². The third-order valence-electron chi connectivity index (χ3n) is 3.40. The summed E-state index contributed by atoms with van der Waals surface area (Å²) in [4.78, 5) is 23.8. The van der Waals surface area contributed by atoms with Gasteiger partial charge in [-0.25, -0.2) is 0 Å². The van der Waals surface area contributed by atoms with Crippen molar-refractivity contribution in [2.45, 2.75) is 13.1 Å². The molecule has 0 fully saturated rings. The molecular weight excluding hydrogens is 401 g/mol. The molecule has 2 rings (SSSR count). The number of nitrogens with one attached hydrogen (secondary N) is 2. The second-order valence-electron chi connectivity index (χ2n) is 5.63. The van der Waals surface area contributed by atoms with E-state index in [-0.39, 0.29) is 23.1 Å². The SMILES string of the molecule is Cc1cc(Cl)ccc1NC(=O)CSCC(=O)Nc1cccc(C(F)(F)F)c1. The first kappa shape index (κ1) is 21.1. The molecule has 0 radical (unpaired) electrons. The molecule has 2 aromatic carbocycles. The van der Waals surface area contributed by atoms with E-state index in [1.54, 1.807) is 25.1 Å². The van der Waals surface area contributed by atoms with Crippen LogP contribution in [0.25, 0.3) is 0 Å². The van der Waals surface area contributed by atoms with E-state index in [9.17, 15) is 22.8 Å². The number of benzene rings is 2. The number of rotatable bonds is 6. The van der Waals surface area contributed by atoms with Gasteiger partial charge in [-0.1, -0.05) is 17.7 Å². The van der Waals surface area contributed by atoms with E-state index in [1.165, 1.54) is 12.1 Å². The average Bonchev–Trinajstić information content (AvgIpc) is 2.57. The number of aryl methyl sites for hydroxylation is 1. The molecule has 27 heavy (non-hydrogen) atoms. The van der Waals surface area contributed by atoms with Crippen molar-refractivity contribution in [3.8, 4) is 0 Å². The topological polar surface area (TPSA) is 58.2 Å². The fourth-order valence-electron chi connectivity index (χ4n) is 2.16. The van der Waals surface area contributed by atoms with Crippen molar-refractivity contribution in [1.29, 1.82) is 0 Å². The number of hydrogen-bond acceptors (Lipinski definition) is 3. The van der Waals surface area contributed by atoms with Crippen molar-refractivity contribution in [3.63, 3.8) is 0 Å². The number of halogens is 4. The first-order valence-electron chi connectivity index (χ1n) is 7.76. The minimum Gasteiger partial charge on any atom is -0.325 e. The Morgan fingerprint density at radius 3 is 2.33 bits per heavy atom. The second kappa shape index (κ2) is 9.14. The van der Waals surface area contributed by atoms with Crippen LogP contribution in [-0.4, -0.2) is 23.3 Å². The van der Waals surface area contributed by atoms with Crippen molar-refractivity contribution >= 4 is 46.6 Å². The van der Waals surface area contributed by atoms with Gasteiger partial charge in [-0.3, -0.25) is 9.59 Å². The number of carbonyl (C=O) groups is 2. The molecule has 0 heterocycles. The van der Waals surface area contributed by atoms with Gasteiger partial charge in [0.05, 0.1) is 17.1 Å². The Morgan fingerprint density at radius 1 is 1.04 bits per heavy atom. The highest BCUT2D eigenvalue weighted by Crippen LogP contribution is 2.30. The van der Waals surface area contributed by atoms with Gasteiger partial charge in [0.25, 0.3) is 0 Å². The maximum Gasteiger partial charge on any atom is 0.416 e. The molecule has 9 heteroatoms. The molecule has 0 aliphatic rings. The summed E-state index contributed by atoms with van der Waals surface area (Å²) in [6.45, 7) is 1.80. The van der Waals surface area contributed by atoms with Gasteiger partial charge in [-0.2, -0.15) is 13.2 Å². The number of hydrogen-bond donors (Lipinski definition) is 2. The second-order valence-corrected chi connectivity index (χ2v) is 7.05. The zero-order valence-corrected chi connectivity index (χ0v) is 15.8. The van der Waals surface area contributed by atoms with Crippen LogP contribution >= 0.6 is 23.4 Å². The summed E-state index contributed by atoms with van der Waals surface area (Å²) in [7, 11) is 0. The predicted octanol–water partition coefficient (Wildman–Crippen LogP) is 4.98. The van der Waals surface area contributed by atoms with Crippen LogP contribution in [0.1, 0.15) is 11.1 Å². The standard InChI is InChI=1S/C18H16ClF3N2O2S/c1-11-7-13(19)5-6-15(11)24-17(26)10-27-9-16(25)23-14-4-2-3-12(8-14)18(20,21)22/h2-8H,9-10H2,1H3,(H,23,25)(H,24,26). The average molecular weight is 417 g/mol. The van der Waals surface area contributed by atoms with Crippen LogP contribution in [0, 0.1) is 6.92 Å². The molecule has 0 atom stereocenters. The van der Waals surface area contributed by atoms with Crippen LogP contribution in [0.5, 0.6) is 0 Å². The van der Waals surface area contributed by atoms with Crippen LogP contribution in [0.3, 0.4) is 0 Å². The minimum absolute atomic E-state index is 0.0259. The summed E-state index contributed by atoms with van der Waals surface area (Å²) < 4.78 is 38.0. The van der Waals surface area contributed by atoms with Gasteiger partial charge < -0.3 is 10.6 Å². The molecule has 0 aliphatic heterocycles. The lowest BCUT2D eigenvalue weighted by atomic mass is 10.2. The maximum atomic E-state index is 12.7. The van der Waals surface area contributed by atoms with Crippen molar-refractivity contribution in [1.82, 2.24) is 0 Å². The number of alkyl halides is 3. The largest absolute Gasteiger partial charge is 0.416 e. The summed E-state index contributed by atoms with van der Waals surface area (Å²) in [6.07, 6.45) is -4.48. The fraction of sp³-hybridized carbons (Fsp3) is 0.222. The molecule has 0 saturated carbocycles. The minimum atomic E-state index is -4.48. The Kier molecular flexibility index (Phi) is 7.15. The van der Waals surface area contributed by atoms with Gasteiger partial charge in [0, 0.05) is 16.4 Å². The van der Waals surface area contributed by atoms with E-state index in [0.29, 0.717) is 10.7 Å². The maximum absolute atomic E-state index is 12.7. The molecule has 0 saturated heterocycles. The molecular formula is C18H16ClF3N2O2S. The van der Waals surface area contributed by atoms with E-state index in [4.69, 9.17) is 11.6 Å². The Morgan fingerprint density at radius 2 is 1.70 bits per heavy atom. The number of anilines is 2. The Labute approximate surface area is 163 Å². The fourth-order valence-corrected chi connectivity index (χ4v) is 3.00. The Hall–Kier alpha value is -2.19. The third-order valence-corrected chi connectivity index (χ3v) is 4.57. The molecule has 0 unspecified atom stereocenters. The smallest absolute Gasteiger partial charge is 0.325 e. The molecule has 2 N–H and O–H groups in total. The van der Waals surface area contributed by atoms with Crippen LogP contribution in [0.4, 0.5) is 24.5 Å². The lowest BCUT2D eigenvalue weighted by molar-refractivity contribution is -0.137. The molecule has 4 nitrogen and oxygen atoms in total. The zero-order chi connectivity index (χ0) is 20.0. The summed E-state index contributed by atoms with van der Waals surface area (Å²) in [5.74, 6) is -0.825. The molecule has 0 spiro atoms. The van der Waals surface area contributed by atoms with Gasteiger partial charge >= 0.3 is 6.18 Å². The molecule has 144 valence electrons. The summed E-state index contributed by atoms with van der Waals surface area (Å²) in [5.41, 5.74) is 0.642. The quantitative estimate of drug-likeness (QED) is 0.698. The molecule has 2 amide bonds. The van der Waals surface area contributed by atoms with Gasteiger partial charge in [-0.05, 0) is 48.9 Å². The van der Waals surface area contributed by atoms with Crippen molar-refractivity contribution in [2.75, 3.05) is 22.1 Å². The summed E-state index contributed by atoms with van der Waals surface area (Å²) in [5, 5.41) is 5.66. The Balaban J connectivity index is 1.80. The third kappa shape index (κ3) is 6.80. The predicted molar refractivity (Wildman–Crippen MR) is 102 cm³/mol. The lowest BCUT2D eigenvalue weighted by Crippen LogP contribution is -2.19. The first-order valence-corrected chi connectivity index (χ1v) is 9.29. The Bertz CT molecular complexity index is 844. The lowest BCUT2D eigenvalue weighted by Gasteiger charge is -2.10. The number of amides is 2. The monoisotopic (exact) mass is 416 g/mol. The number of thioether (sulfide) groups is 1. The van der Waals surface area contributed by atoms with Gasteiger partial charge in [-0.15, -0.1) is 11.8 Å². The van der Waals surface area contributed by atoms with E-state index in [2.05, 4.69) is 10.6 Å². The van der Waals surface area contributed by atoms with Crippen LogP contribution in [0.2, 0.25) is 5.02 Å². The molecule has 0 aliphatic carbocycles. The molecule has 2 aromatic rings. The highest BCUT2D eigenvalue weighted by Gasteiger charge is 2.30.